The molecule has 0 saturated carbocycles. The van der Waals surface area contributed by atoms with Crippen molar-refractivity contribution < 1.29 is 22.4 Å². The monoisotopic (exact) mass is 515 g/mol. The van der Waals surface area contributed by atoms with Crippen molar-refractivity contribution in [3.8, 4) is 17.1 Å². The van der Waals surface area contributed by atoms with Gasteiger partial charge in [-0.3, -0.25) is 10.1 Å². The predicted molar refractivity (Wildman–Crippen MR) is 129 cm³/mol. The summed E-state index contributed by atoms with van der Waals surface area (Å²) in [6.45, 7) is 8.53. The van der Waals surface area contributed by atoms with Crippen molar-refractivity contribution in [3.05, 3.63) is 51.8 Å². The maximum atomic E-state index is 13.1. The second-order valence-electron chi connectivity index (χ2n) is 8.24. The van der Waals surface area contributed by atoms with Crippen molar-refractivity contribution in [3.63, 3.8) is 0 Å². The molecular weight excluding hydrogens is 486 g/mol. The molecule has 13 heteroatoms. The van der Waals surface area contributed by atoms with E-state index in [0.717, 1.165) is 19.3 Å². The minimum atomic E-state index is -4.16. The van der Waals surface area contributed by atoms with Gasteiger partial charge in [-0.2, -0.15) is 8.42 Å². The number of hydrogen-bond acceptors (Lipinski definition) is 7. The highest BCUT2D eigenvalue weighted by Crippen LogP contribution is 2.30. The molecule has 0 saturated heterocycles. The fourth-order valence-electron chi connectivity index (χ4n) is 3.78. The van der Waals surface area contributed by atoms with Crippen LogP contribution in [0.4, 0.5) is 0 Å². The van der Waals surface area contributed by atoms with Crippen molar-refractivity contribution in [2.45, 2.75) is 64.8 Å². The van der Waals surface area contributed by atoms with E-state index in [-0.39, 0.29) is 21.8 Å². The van der Waals surface area contributed by atoms with Crippen LogP contribution in [0.1, 0.15) is 51.6 Å². The van der Waals surface area contributed by atoms with Crippen molar-refractivity contribution in [1.29, 1.82) is 0 Å². The first-order valence-electron chi connectivity index (χ1n) is 11.9. The SMILES string of the molecule is CCCC[n+]1cc(=NS(=O)(=O)c2ccc(OCC)c(-c3nn4c(CCC)nc(C)c4c(=O)[nH]3)c2)o[n-]1. The summed E-state index contributed by atoms with van der Waals surface area (Å²) in [4.78, 5) is 20.0. The van der Waals surface area contributed by atoms with E-state index in [1.807, 2.05) is 13.8 Å². The molecule has 4 aromatic rings. The van der Waals surface area contributed by atoms with E-state index in [9.17, 15) is 13.2 Å². The van der Waals surface area contributed by atoms with Crippen LogP contribution in [0.3, 0.4) is 0 Å². The van der Waals surface area contributed by atoms with E-state index in [2.05, 4.69) is 24.7 Å². The molecule has 4 rings (SSSR count). The number of H-pyrrole nitrogens is 1. The third-order valence-corrected chi connectivity index (χ3v) is 6.74. The van der Waals surface area contributed by atoms with Gasteiger partial charge in [0.05, 0.1) is 22.8 Å². The average molecular weight is 516 g/mol. The zero-order chi connectivity index (χ0) is 25.9. The van der Waals surface area contributed by atoms with Crippen LogP contribution in [0.2, 0.25) is 0 Å². The van der Waals surface area contributed by atoms with Crippen LogP contribution in [0, 0.1) is 6.92 Å². The van der Waals surface area contributed by atoms with Crippen LogP contribution in [0.5, 0.6) is 5.75 Å². The number of imidazole rings is 1. The summed E-state index contributed by atoms with van der Waals surface area (Å²) in [7, 11) is -4.16. The Balaban J connectivity index is 1.83. The molecule has 0 bridgehead atoms. The molecule has 1 N–H and O–H groups in total. The molecule has 3 heterocycles. The van der Waals surface area contributed by atoms with Crippen LogP contribution < -0.4 is 25.8 Å². The number of aromatic amines is 1. The number of aromatic nitrogens is 6. The Kier molecular flexibility index (Phi) is 7.38. The number of benzene rings is 1. The molecule has 1 aromatic carbocycles. The van der Waals surface area contributed by atoms with Crippen LogP contribution in [-0.4, -0.2) is 34.6 Å². The largest absolute Gasteiger partial charge is 0.493 e. The first-order chi connectivity index (χ1) is 17.3. The summed E-state index contributed by atoms with van der Waals surface area (Å²) in [6, 6.07) is 4.27. The number of fused-ring (bicyclic) bond motifs is 1. The molecule has 0 radical (unpaired) electrons. The summed E-state index contributed by atoms with van der Waals surface area (Å²) >= 11 is 0. The second kappa shape index (κ2) is 10.5. The predicted octanol–water partition coefficient (Wildman–Crippen LogP) is 1.67. The molecule has 12 nitrogen and oxygen atoms in total. The molecule has 0 spiro atoms. The third-order valence-electron chi connectivity index (χ3n) is 5.47. The zero-order valence-electron chi connectivity index (χ0n) is 20.7. The van der Waals surface area contributed by atoms with Gasteiger partial charge in [-0.05, 0) is 38.5 Å². The lowest BCUT2D eigenvalue weighted by Gasteiger charge is -2.11. The van der Waals surface area contributed by atoms with Crippen LogP contribution in [0.15, 0.2) is 43.0 Å². The van der Waals surface area contributed by atoms with Gasteiger partial charge in [0.1, 0.15) is 18.1 Å². The molecule has 3 aromatic heterocycles. The maximum absolute atomic E-state index is 13.1. The Morgan fingerprint density at radius 1 is 1.25 bits per heavy atom. The van der Waals surface area contributed by atoms with Crippen LogP contribution in [0.25, 0.3) is 16.9 Å². The van der Waals surface area contributed by atoms with E-state index >= 15 is 0 Å². The van der Waals surface area contributed by atoms with Crippen LogP contribution >= 0.6 is 0 Å². The van der Waals surface area contributed by atoms with Gasteiger partial charge in [0.2, 0.25) is 6.20 Å². The van der Waals surface area contributed by atoms with Gasteiger partial charge < -0.3 is 14.2 Å². The summed E-state index contributed by atoms with van der Waals surface area (Å²) in [5, 5.41) is 8.39. The number of aryl methyl sites for hydroxylation is 3. The number of hydrogen-bond donors (Lipinski definition) is 1. The highest BCUT2D eigenvalue weighted by atomic mass is 32.2. The van der Waals surface area contributed by atoms with Gasteiger partial charge in [0.25, 0.3) is 21.1 Å². The highest BCUT2D eigenvalue weighted by molar-refractivity contribution is 7.90. The van der Waals surface area contributed by atoms with Crippen molar-refractivity contribution in [1.82, 2.24) is 24.9 Å². The van der Waals surface area contributed by atoms with E-state index in [1.165, 1.54) is 33.6 Å². The zero-order valence-corrected chi connectivity index (χ0v) is 21.5. The Hall–Kier alpha value is -3.74. The first-order valence-corrected chi connectivity index (χ1v) is 13.3. The topological polar surface area (TPSA) is 150 Å². The number of sulfonamides is 1. The molecule has 0 amide bonds. The lowest BCUT2D eigenvalue weighted by Crippen LogP contribution is -2.37. The van der Waals surface area contributed by atoms with Crippen molar-refractivity contribution >= 4 is 15.5 Å². The Morgan fingerprint density at radius 2 is 2.06 bits per heavy atom. The summed E-state index contributed by atoms with van der Waals surface area (Å²) in [5.74, 6) is 1.17. The van der Waals surface area contributed by atoms with Crippen molar-refractivity contribution in [2.24, 2.45) is 4.40 Å². The van der Waals surface area contributed by atoms with Gasteiger partial charge in [0, 0.05) is 12.8 Å². The lowest BCUT2D eigenvalue weighted by atomic mass is 10.2. The van der Waals surface area contributed by atoms with Gasteiger partial charge in [-0.25, -0.2) is 14.2 Å². The van der Waals surface area contributed by atoms with Crippen molar-refractivity contribution in [2.75, 3.05) is 6.61 Å². The summed E-state index contributed by atoms with van der Waals surface area (Å²) < 4.78 is 43.8. The molecule has 0 aliphatic carbocycles. The van der Waals surface area contributed by atoms with Gasteiger partial charge in [-0.1, -0.05) is 20.3 Å². The summed E-state index contributed by atoms with van der Waals surface area (Å²) in [5.41, 5.74) is 0.706. The first kappa shape index (κ1) is 25.4. The van der Waals surface area contributed by atoms with Gasteiger partial charge in [-0.15, -0.1) is 9.50 Å². The number of ether oxygens (including phenoxy) is 1. The number of unbranched alkanes of at least 4 members (excludes halogenated alkanes) is 1. The molecule has 0 unspecified atom stereocenters. The Morgan fingerprint density at radius 3 is 2.78 bits per heavy atom. The van der Waals surface area contributed by atoms with E-state index in [0.29, 0.717) is 47.9 Å². The molecule has 36 heavy (non-hydrogen) atoms. The standard InChI is InChI=1S/C23H29N7O5S/c1-5-8-12-29-14-20(35-28-29)27-36(32,33)16-10-11-18(34-7-3)17(13-16)22-25-23(31)21-15(4)24-19(9-6-2)30(21)26-22/h10-11,13-14H,5-9,12H2,1-4H3,(H,25,26,31). The van der Waals surface area contributed by atoms with Gasteiger partial charge >= 0.3 is 0 Å². The number of nitrogens with one attached hydrogen (secondary N) is 1. The molecule has 0 atom stereocenters. The Labute approximate surface area is 207 Å². The summed E-state index contributed by atoms with van der Waals surface area (Å²) in [6.07, 6.45) is 4.72. The Bertz CT molecular complexity index is 1610. The normalized spacial score (nSPS) is 12.5. The smallest absolute Gasteiger partial charge is 0.285 e. The lowest BCUT2D eigenvalue weighted by molar-refractivity contribution is -0.767. The third kappa shape index (κ3) is 5.10. The molecule has 0 aliphatic rings. The minimum absolute atomic E-state index is 0.115. The molecule has 192 valence electrons. The molecule has 0 fully saturated rings. The number of rotatable bonds is 10. The fraction of sp³-hybridized carbons (Fsp3) is 0.435. The minimum Gasteiger partial charge on any atom is -0.493 e. The quantitative estimate of drug-likeness (QED) is 0.313. The second-order valence-corrected chi connectivity index (χ2v) is 9.84. The molecule has 0 aliphatic heterocycles. The van der Waals surface area contributed by atoms with Crippen LogP contribution in [-0.2, 0) is 23.0 Å². The van der Waals surface area contributed by atoms with E-state index < -0.39 is 10.0 Å². The average Bonchev–Trinajstić information content (AvgIpc) is 3.41. The number of nitrogens with zero attached hydrogens (tertiary/aromatic N) is 6. The highest BCUT2D eigenvalue weighted by Gasteiger charge is 2.21. The van der Waals surface area contributed by atoms with E-state index in [1.54, 1.807) is 13.8 Å². The maximum Gasteiger partial charge on any atom is 0.285 e. The van der Waals surface area contributed by atoms with Gasteiger partial charge in [0.15, 0.2) is 11.3 Å². The fourth-order valence-corrected chi connectivity index (χ4v) is 4.71. The van der Waals surface area contributed by atoms with E-state index in [4.69, 9.17) is 9.26 Å². The molecular formula is C23H29N7O5S.